The second kappa shape index (κ2) is 8.62. The summed E-state index contributed by atoms with van der Waals surface area (Å²) in [5, 5.41) is 0. The Morgan fingerprint density at radius 1 is 0.939 bits per heavy atom. The number of carbonyl (C=O) groups is 1. The van der Waals surface area contributed by atoms with Crippen molar-refractivity contribution >= 4 is 15.9 Å². The van der Waals surface area contributed by atoms with Gasteiger partial charge in [0, 0.05) is 25.7 Å². The van der Waals surface area contributed by atoms with E-state index in [0.29, 0.717) is 44.2 Å². The third-order valence-electron chi connectivity index (χ3n) is 6.34. The van der Waals surface area contributed by atoms with Crippen LogP contribution in [0, 0.1) is 0 Å². The van der Waals surface area contributed by atoms with E-state index in [2.05, 4.69) is 0 Å². The van der Waals surface area contributed by atoms with Gasteiger partial charge in [-0.25, -0.2) is 8.42 Å². The molecule has 0 spiro atoms. The zero-order valence-electron chi connectivity index (χ0n) is 18.8. The minimum Gasteiger partial charge on any atom is -0.486 e. The first kappa shape index (κ1) is 22.2. The molecule has 0 saturated carbocycles. The van der Waals surface area contributed by atoms with Gasteiger partial charge in [-0.1, -0.05) is 24.3 Å². The Bertz CT molecular complexity index is 1160. The number of hydrogen-bond acceptors (Lipinski definition) is 6. The van der Waals surface area contributed by atoms with Crippen LogP contribution in [-0.2, 0) is 32.5 Å². The molecule has 1 fully saturated rings. The molecule has 0 aromatic heterocycles. The van der Waals surface area contributed by atoms with E-state index in [1.165, 1.54) is 16.4 Å². The van der Waals surface area contributed by atoms with Gasteiger partial charge >= 0.3 is 0 Å². The fourth-order valence-corrected chi connectivity index (χ4v) is 6.43. The average molecular weight is 473 g/mol. The predicted molar refractivity (Wildman–Crippen MR) is 121 cm³/mol. The maximum atomic E-state index is 13.8. The number of benzene rings is 2. The summed E-state index contributed by atoms with van der Waals surface area (Å²) in [7, 11) is -3.98. The van der Waals surface area contributed by atoms with Crippen molar-refractivity contribution < 1.29 is 27.4 Å². The van der Waals surface area contributed by atoms with Gasteiger partial charge < -0.3 is 19.1 Å². The van der Waals surface area contributed by atoms with Crippen molar-refractivity contribution in [1.29, 1.82) is 0 Å². The predicted octanol–water partition coefficient (Wildman–Crippen LogP) is 2.21. The number of hydrogen-bond donors (Lipinski definition) is 0. The SMILES string of the molecule is C[C@@H]1CN(C(=O)[C@H]2Cc3ccccc3CN2S(=O)(=O)c2ccc3c(c2)OCCO3)C[C@H](C)O1. The topological polar surface area (TPSA) is 85.4 Å². The largest absolute Gasteiger partial charge is 0.486 e. The van der Waals surface area contributed by atoms with Gasteiger partial charge in [-0.2, -0.15) is 4.31 Å². The summed E-state index contributed by atoms with van der Waals surface area (Å²) in [6.45, 7) is 5.67. The maximum Gasteiger partial charge on any atom is 0.244 e. The third-order valence-corrected chi connectivity index (χ3v) is 8.19. The first-order valence-corrected chi connectivity index (χ1v) is 12.7. The number of morpholine rings is 1. The van der Waals surface area contributed by atoms with Gasteiger partial charge in [0.05, 0.1) is 17.1 Å². The van der Waals surface area contributed by atoms with Crippen LogP contribution in [0.25, 0.3) is 0 Å². The van der Waals surface area contributed by atoms with E-state index in [0.717, 1.165) is 11.1 Å². The highest BCUT2D eigenvalue weighted by molar-refractivity contribution is 7.89. The fraction of sp³-hybridized carbons (Fsp3) is 0.458. The van der Waals surface area contributed by atoms with E-state index < -0.39 is 16.1 Å². The van der Waals surface area contributed by atoms with Crippen LogP contribution in [0.5, 0.6) is 11.5 Å². The highest BCUT2D eigenvalue weighted by atomic mass is 32.2. The lowest BCUT2D eigenvalue weighted by Crippen LogP contribution is -2.57. The van der Waals surface area contributed by atoms with Crippen molar-refractivity contribution in [2.24, 2.45) is 0 Å². The molecule has 2 aromatic rings. The minimum atomic E-state index is -3.98. The molecule has 0 radical (unpaired) electrons. The molecule has 3 aliphatic rings. The number of nitrogens with zero attached hydrogens (tertiary/aromatic N) is 2. The smallest absolute Gasteiger partial charge is 0.244 e. The van der Waals surface area contributed by atoms with Crippen LogP contribution in [0.2, 0.25) is 0 Å². The first-order valence-electron chi connectivity index (χ1n) is 11.3. The Morgan fingerprint density at radius 3 is 2.33 bits per heavy atom. The Balaban J connectivity index is 1.52. The second-order valence-corrected chi connectivity index (χ2v) is 10.7. The van der Waals surface area contributed by atoms with Gasteiger partial charge in [0.1, 0.15) is 19.3 Å². The molecule has 3 atom stereocenters. The van der Waals surface area contributed by atoms with Crippen molar-refractivity contribution in [1.82, 2.24) is 9.21 Å². The van der Waals surface area contributed by atoms with Gasteiger partial charge in [-0.3, -0.25) is 4.79 Å². The van der Waals surface area contributed by atoms with E-state index in [9.17, 15) is 13.2 Å². The van der Waals surface area contributed by atoms with Gasteiger partial charge in [0.2, 0.25) is 15.9 Å². The van der Waals surface area contributed by atoms with Crippen LogP contribution in [0.1, 0.15) is 25.0 Å². The fourth-order valence-electron chi connectivity index (χ4n) is 4.85. The molecule has 0 unspecified atom stereocenters. The number of sulfonamides is 1. The van der Waals surface area contributed by atoms with Gasteiger partial charge in [-0.05, 0) is 43.5 Å². The molecule has 0 bridgehead atoms. The number of rotatable bonds is 3. The lowest BCUT2D eigenvalue weighted by atomic mass is 9.95. The molecule has 33 heavy (non-hydrogen) atoms. The third kappa shape index (κ3) is 4.20. The molecule has 8 nitrogen and oxygen atoms in total. The van der Waals surface area contributed by atoms with Crippen LogP contribution in [-0.4, -0.2) is 68.1 Å². The van der Waals surface area contributed by atoms with Crippen molar-refractivity contribution in [2.45, 2.75) is 50.0 Å². The number of fused-ring (bicyclic) bond motifs is 2. The van der Waals surface area contributed by atoms with E-state index in [4.69, 9.17) is 14.2 Å². The monoisotopic (exact) mass is 472 g/mol. The van der Waals surface area contributed by atoms with Crippen LogP contribution < -0.4 is 9.47 Å². The highest BCUT2D eigenvalue weighted by Gasteiger charge is 2.42. The summed E-state index contributed by atoms with van der Waals surface area (Å²) in [6.07, 6.45) is 0.131. The number of ether oxygens (including phenoxy) is 3. The van der Waals surface area contributed by atoms with Gasteiger partial charge in [-0.15, -0.1) is 0 Å². The Labute approximate surface area is 194 Å². The van der Waals surface area contributed by atoms with Crippen LogP contribution in [0.3, 0.4) is 0 Å². The molecule has 9 heteroatoms. The summed E-state index contributed by atoms with van der Waals surface area (Å²) in [5.41, 5.74) is 1.91. The molecule has 0 aliphatic carbocycles. The minimum absolute atomic E-state index is 0.0904. The van der Waals surface area contributed by atoms with Gasteiger partial charge in [0.15, 0.2) is 11.5 Å². The Morgan fingerprint density at radius 2 is 1.61 bits per heavy atom. The summed E-state index contributed by atoms with van der Waals surface area (Å²) >= 11 is 0. The molecular formula is C24H28N2O6S. The molecular weight excluding hydrogens is 444 g/mol. The molecule has 176 valence electrons. The number of amides is 1. The molecule has 3 aliphatic heterocycles. The lowest BCUT2D eigenvalue weighted by Gasteiger charge is -2.41. The zero-order chi connectivity index (χ0) is 23.2. The first-order chi connectivity index (χ1) is 15.8. The van der Waals surface area contributed by atoms with Crippen LogP contribution in [0.15, 0.2) is 47.4 Å². The highest BCUT2D eigenvalue weighted by Crippen LogP contribution is 2.36. The normalized spacial score (nSPS) is 25.4. The molecule has 0 N–H and O–H groups in total. The quantitative estimate of drug-likeness (QED) is 0.681. The maximum absolute atomic E-state index is 13.8. The molecule has 1 saturated heterocycles. The average Bonchev–Trinajstić information content (AvgIpc) is 2.81. The van der Waals surface area contributed by atoms with Crippen molar-refractivity contribution in [3.63, 3.8) is 0 Å². The van der Waals surface area contributed by atoms with Crippen molar-refractivity contribution in [3.8, 4) is 11.5 Å². The van der Waals surface area contributed by atoms with E-state index in [1.54, 1.807) is 11.0 Å². The van der Waals surface area contributed by atoms with Crippen molar-refractivity contribution in [3.05, 3.63) is 53.6 Å². The summed E-state index contributed by atoms with van der Waals surface area (Å²) in [6, 6.07) is 11.5. The number of carbonyl (C=O) groups excluding carboxylic acids is 1. The van der Waals surface area contributed by atoms with Crippen molar-refractivity contribution in [2.75, 3.05) is 26.3 Å². The molecule has 5 rings (SSSR count). The summed E-state index contributed by atoms with van der Waals surface area (Å²) in [4.78, 5) is 15.5. The molecule has 1 amide bonds. The summed E-state index contributed by atoms with van der Waals surface area (Å²) in [5.74, 6) is 0.735. The second-order valence-electron chi connectivity index (χ2n) is 8.84. The van der Waals surface area contributed by atoms with Gasteiger partial charge in [0.25, 0.3) is 0 Å². The van der Waals surface area contributed by atoms with Crippen LogP contribution >= 0.6 is 0 Å². The Kier molecular flexibility index (Phi) is 5.80. The van der Waals surface area contributed by atoms with Crippen LogP contribution in [0.4, 0.5) is 0 Å². The molecule has 2 aromatic carbocycles. The lowest BCUT2D eigenvalue weighted by molar-refractivity contribution is -0.147. The molecule has 3 heterocycles. The van der Waals surface area contributed by atoms with E-state index in [1.807, 2.05) is 38.1 Å². The zero-order valence-corrected chi connectivity index (χ0v) is 19.6. The standard InChI is InChI=1S/C24H28N2O6S/c1-16-13-25(14-17(2)32-16)24(27)21-11-18-5-3-4-6-19(18)15-26(21)33(28,29)20-7-8-22-23(12-20)31-10-9-30-22/h3-8,12,16-17,21H,9-11,13-15H2,1-2H3/t16-,17+,21-/m1/s1. The van der Waals surface area contributed by atoms with E-state index in [-0.39, 0.29) is 29.6 Å². The van der Waals surface area contributed by atoms with E-state index >= 15 is 0 Å². The summed E-state index contributed by atoms with van der Waals surface area (Å²) < 4.78 is 45.9. The Hall–Kier alpha value is -2.62.